The van der Waals surface area contributed by atoms with Crippen LogP contribution in [0.2, 0.25) is 0 Å². The van der Waals surface area contributed by atoms with Crippen LogP contribution in [0, 0.1) is 5.92 Å². The molecule has 118 valence electrons. The topological polar surface area (TPSA) is 15.3 Å². The van der Waals surface area contributed by atoms with Crippen LogP contribution in [0.1, 0.15) is 52.5 Å². The summed E-state index contributed by atoms with van der Waals surface area (Å²) in [6.45, 7) is 11.5. The summed E-state index contributed by atoms with van der Waals surface area (Å²) in [6.07, 6.45) is 4.93. The van der Waals surface area contributed by atoms with E-state index in [0.29, 0.717) is 18.0 Å². The van der Waals surface area contributed by atoms with Crippen LogP contribution in [0.15, 0.2) is 24.3 Å². The molecule has 0 saturated carbocycles. The average Bonchev–Trinajstić information content (AvgIpc) is 2.48. The van der Waals surface area contributed by atoms with Gasteiger partial charge in [0, 0.05) is 30.9 Å². The van der Waals surface area contributed by atoms with Crippen molar-refractivity contribution in [3.8, 4) is 0 Å². The fourth-order valence-electron chi connectivity index (χ4n) is 3.52. The van der Waals surface area contributed by atoms with Gasteiger partial charge in [0.2, 0.25) is 0 Å². The predicted octanol–water partition coefficient (Wildman–Crippen LogP) is 4.24. The number of hydrogen-bond donors (Lipinski definition) is 1. The lowest BCUT2D eigenvalue weighted by Gasteiger charge is -2.44. The highest BCUT2D eigenvalue weighted by Gasteiger charge is 2.30. The molecule has 21 heavy (non-hydrogen) atoms. The third-order valence-electron chi connectivity index (χ3n) is 4.66. The number of benzene rings is 1. The molecule has 1 saturated heterocycles. The Labute approximate surface area is 130 Å². The number of piperazine rings is 1. The Bertz CT molecular complexity index is 427. The summed E-state index contributed by atoms with van der Waals surface area (Å²) in [5.41, 5.74) is 2.99. The molecular weight excluding hydrogens is 256 g/mol. The van der Waals surface area contributed by atoms with E-state index in [1.165, 1.54) is 36.9 Å². The lowest BCUT2D eigenvalue weighted by Crippen LogP contribution is -2.58. The summed E-state index contributed by atoms with van der Waals surface area (Å²) in [5.74, 6) is 0.676. The van der Waals surface area contributed by atoms with Gasteiger partial charge >= 0.3 is 0 Å². The smallest absolute Gasteiger partial charge is 0.0438 e. The molecule has 2 unspecified atom stereocenters. The summed E-state index contributed by atoms with van der Waals surface area (Å²) in [5, 5.41) is 3.76. The molecule has 1 fully saturated rings. The predicted molar refractivity (Wildman–Crippen MR) is 93.1 cm³/mol. The number of rotatable bonds is 6. The fraction of sp³-hybridized carbons (Fsp3) is 0.684. The molecule has 0 aromatic heterocycles. The Morgan fingerprint density at radius 1 is 1.19 bits per heavy atom. The minimum Gasteiger partial charge on any atom is -0.365 e. The van der Waals surface area contributed by atoms with E-state index in [4.69, 9.17) is 0 Å². The van der Waals surface area contributed by atoms with Gasteiger partial charge in [0.05, 0.1) is 0 Å². The van der Waals surface area contributed by atoms with Gasteiger partial charge < -0.3 is 10.2 Å². The normalized spacial score (nSPS) is 22.8. The highest BCUT2D eigenvalue weighted by atomic mass is 15.2. The molecule has 0 bridgehead atoms. The van der Waals surface area contributed by atoms with Gasteiger partial charge in [-0.05, 0) is 30.4 Å². The molecule has 0 radical (unpaired) electrons. The molecular formula is C19H32N2. The van der Waals surface area contributed by atoms with Crippen molar-refractivity contribution in [2.75, 3.05) is 18.0 Å². The largest absolute Gasteiger partial charge is 0.365 e. The standard InChI is InChI=1S/C19H32N2/c1-5-9-16-11-7-8-12-18(16)21-14-17(10-6-2)20-13-19(21)15(3)4/h7-8,11-12,15,17,19-20H,5-6,9-10,13-14H2,1-4H3. The second-order valence-corrected chi connectivity index (χ2v) is 6.74. The monoisotopic (exact) mass is 288 g/mol. The maximum absolute atomic E-state index is 3.76. The van der Waals surface area contributed by atoms with Crippen LogP contribution in [0.25, 0.3) is 0 Å². The van der Waals surface area contributed by atoms with Crippen LogP contribution in [0.4, 0.5) is 5.69 Å². The van der Waals surface area contributed by atoms with E-state index in [1.54, 1.807) is 0 Å². The van der Waals surface area contributed by atoms with Crippen LogP contribution < -0.4 is 10.2 Å². The Morgan fingerprint density at radius 2 is 1.95 bits per heavy atom. The summed E-state index contributed by atoms with van der Waals surface area (Å²) in [4.78, 5) is 2.69. The molecule has 1 aliphatic heterocycles. The first-order valence-corrected chi connectivity index (χ1v) is 8.75. The van der Waals surface area contributed by atoms with Crippen molar-refractivity contribution in [1.82, 2.24) is 5.32 Å². The molecule has 0 spiro atoms. The zero-order chi connectivity index (χ0) is 15.2. The molecule has 0 aliphatic carbocycles. The zero-order valence-electron chi connectivity index (χ0n) is 14.2. The van der Waals surface area contributed by atoms with Crippen molar-refractivity contribution < 1.29 is 0 Å². The Morgan fingerprint density at radius 3 is 2.62 bits per heavy atom. The molecule has 1 N–H and O–H groups in total. The number of anilines is 1. The molecule has 0 amide bonds. The van der Waals surface area contributed by atoms with E-state index < -0.39 is 0 Å². The number of aryl methyl sites for hydroxylation is 1. The SMILES string of the molecule is CCCc1ccccc1N1CC(CCC)NCC1C(C)C. The molecule has 1 heterocycles. The van der Waals surface area contributed by atoms with E-state index in [9.17, 15) is 0 Å². The van der Waals surface area contributed by atoms with Gasteiger partial charge in [-0.3, -0.25) is 0 Å². The number of hydrogen-bond acceptors (Lipinski definition) is 2. The van der Waals surface area contributed by atoms with E-state index >= 15 is 0 Å². The first-order valence-electron chi connectivity index (χ1n) is 8.75. The Kier molecular flexibility index (Phi) is 6.10. The van der Waals surface area contributed by atoms with Gasteiger partial charge in [-0.1, -0.05) is 58.7 Å². The van der Waals surface area contributed by atoms with E-state index in [0.717, 1.165) is 13.1 Å². The molecule has 2 rings (SSSR count). The van der Waals surface area contributed by atoms with Crippen LogP contribution in [-0.2, 0) is 6.42 Å². The number of nitrogens with one attached hydrogen (secondary N) is 1. The van der Waals surface area contributed by atoms with Crippen molar-refractivity contribution >= 4 is 5.69 Å². The minimum atomic E-state index is 0.608. The van der Waals surface area contributed by atoms with E-state index in [-0.39, 0.29) is 0 Å². The molecule has 1 aromatic rings. The first-order chi connectivity index (χ1) is 10.2. The lowest BCUT2D eigenvalue weighted by molar-refractivity contribution is 0.327. The van der Waals surface area contributed by atoms with Crippen molar-refractivity contribution in [3.63, 3.8) is 0 Å². The summed E-state index contributed by atoms with van der Waals surface area (Å²) in [7, 11) is 0. The third kappa shape index (κ3) is 4.00. The second kappa shape index (κ2) is 7.84. The van der Waals surface area contributed by atoms with Gasteiger partial charge in [-0.25, -0.2) is 0 Å². The van der Waals surface area contributed by atoms with Gasteiger partial charge in [0.25, 0.3) is 0 Å². The van der Waals surface area contributed by atoms with E-state index in [1.807, 2.05) is 0 Å². The Balaban J connectivity index is 2.26. The summed E-state index contributed by atoms with van der Waals surface area (Å²) >= 11 is 0. The second-order valence-electron chi connectivity index (χ2n) is 6.74. The maximum Gasteiger partial charge on any atom is 0.0438 e. The lowest BCUT2D eigenvalue weighted by atomic mass is 9.94. The fourth-order valence-corrected chi connectivity index (χ4v) is 3.52. The van der Waals surface area contributed by atoms with Gasteiger partial charge in [0.1, 0.15) is 0 Å². The Hall–Kier alpha value is -1.02. The quantitative estimate of drug-likeness (QED) is 0.842. The molecule has 1 aromatic carbocycles. The van der Waals surface area contributed by atoms with Crippen molar-refractivity contribution in [2.45, 2.75) is 65.5 Å². The van der Waals surface area contributed by atoms with Crippen LogP contribution in [0.3, 0.4) is 0 Å². The van der Waals surface area contributed by atoms with Crippen LogP contribution in [-0.4, -0.2) is 25.2 Å². The van der Waals surface area contributed by atoms with Crippen LogP contribution >= 0.6 is 0 Å². The van der Waals surface area contributed by atoms with E-state index in [2.05, 4.69) is 62.2 Å². The molecule has 2 atom stereocenters. The van der Waals surface area contributed by atoms with Crippen molar-refractivity contribution in [1.29, 1.82) is 0 Å². The van der Waals surface area contributed by atoms with Gasteiger partial charge in [-0.2, -0.15) is 0 Å². The zero-order valence-corrected chi connectivity index (χ0v) is 14.2. The third-order valence-corrected chi connectivity index (χ3v) is 4.66. The molecule has 2 heteroatoms. The van der Waals surface area contributed by atoms with Crippen molar-refractivity contribution in [3.05, 3.63) is 29.8 Å². The number of para-hydroxylation sites is 1. The highest BCUT2D eigenvalue weighted by molar-refractivity contribution is 5.55. The number of nitrogens with zero attached hydrogens (tertiary/aromatic N) is 1. The minimum absolute atomic E-state index is 0.608. The summed E-state index contributed by atoms with van der Waals surface area (Å²) in [6, 6.07) is 10.3. The van der Waals surface area contributed by atoms with Crippen LogP contribution in [0.5, 0.6) is 0 Å². The summed E-state index contributed by atoms with van der Waals surface area (Å²) < 4.78 is 0. The van der Waals surface area contributed by atoms with Gasteiger partial charge in [-0.15, -0.1) is 0 Å². The average molecular weight is 288 g/mol. The van der Waals surface area contributed by atoms with Crippen molar-refractivity contribution in [2.24, 2.45) is 5.92 Å². The maximum atomic E-state index is 3.76. The molecule has 1 aliphatic rings. The molecule has 2 nitrogen and oxygen atoms in total. The highest BCUT2D eigenvalue weighted by Crippen LogP contribution is 2.28. The first kappa shape index (κ1) is 16.4. The van der Waals surface area contributed by atoms with Gasteiger partial charge in [0.15, 0.2) is 0 Å².